The van der Waals surface area contributed by atoms with Crippen LogP contribution in [0.25, 0.3) is 0 Å². The number of fused-ring (bicyclic) bond motifs is 1. The highest BCUT2D eigenvalue weighted by Gasteiger charge is 2.37. The second-order valence-corrected chi connectivity index (χ2v) is 6.07. The predicted molar refractivity (Wildman–Crippen MR) is 103 cm³/mol. The summed E-state index contributed by atoms with van der Waals surface area (Å²) in [7, 11) is 1.43. The van der Waals surface area contributed by atoms with Gasteiger partial charge in [-0.25, -0.2) is 4.90 Å². The predicted octanol–water partition coefficient (Wildman–Crippen LogP) is 3.14. The Morgan fingerprint density at radius 2 is 1.71 bits per heavy atom. The Hall–Kier alpha value is -4.00. The molecule has 7 nitrogen and oxygen atoms in total. The zero-order chi connectivity index (χ0) is 19.7. The number of methoxy groups -OCH3 is 1. The average molecular weight is 373 g/mol. The van der Waals surface area contributed by atoms with Gasteiger partial charge in [-0.05, 0) is 36.4 Å². The summed E-state index contributed by atoms with van der Waals surface area (Å²) in [6, 6.07) is 14.7. The molecule has 0 saturated carbocycles. The van der Waals surface area contributed by atoms with Crippen molar-refractivity contribution >= 4 is 29.1 Å². The van der Waals surface area contributed by atoms with Gasteiger partial charge in [-0.3, -0.25) is 19.4 Å². The Bertz CT molecular complexity index is 1060. The number of amides is 3. The number of carbonyl (C=O) groups is 3. The van der Waals surface area contributed by atoms with E-state index in [0.29, 0.717) is 33.8 Å². The fraction of sp³-hybridized carbons (Fsp3) is 0.0476. The van der Waals surface area contributed by atoms with Crippen LogP contribution in [0, 0.1) is 0 Å². The molecule has 1 aliphatic heterocycles. The zero-order valence-corrected chi connectivity index (χ0v) is 14.9. The second kappa shape index (κ2) is 6.96. The number of aromatic nitrogens is 1. The third-order valence-corrected chi connectivity index (χ3v) is 4.40. The first-order chi connectivity index (χ1) is 13.6. The summed E-state index contributed by atoms with van der Waals surface area (Å²) in [5.74, 6) is -0.862. The van der Waals surface area contributed by atoms with Crippen LogP contribution < -0.4 is 15.0 Å². The Morgan fingerprint density at radius 3 is 2.32 bits per heavy atom. The van der Waals surface area contributed by atoms with Gasteiger partial charge in [0.1, 0.15) is 5.75 Å². The maximum Gasteiger partial charge on any atom is 0.266 e. The highest BCUT2D eigenvalue weighted by atomic mass is 16.5. The summed E-state index contributed by atoms with van der Waals surface area (Å²) in [6.07, 6.45) is 3.04. The Labute approximate surface area is 160 Å². The number of rotatable bonds is 4. The second-order valence-electron chi connectivity index (χ2n) is 6.07. The van der Waals surface area contributed by atoms with Crippen LogP contribution in [0.1, 0.15) is 31.1 Å². The van der Waals surface area contributed by atoms with Crippen molar-refractivity contribution in [3.8, 4) is 5.75 Å². The number of imide groups is 1. The minimum Gasteiger partial charge on any atom is -0.494 e. The largest absolute Gasteiger partial charge is 0.494 e. The van der Waals surface area contributed by atoms with Gasteiger partial charge in [-0.15, -0.1) is 0 Å². The molecule has 1 aromatic heterocycles. The summed E-state index contributed by atoms with van der Waals surface area (Å²) in [4.78, 5) is 42.7. The molecule has 0 unspecified atom stereocenters. The van der Waals surface area contributed by atoms with Crippen LogP contribution >= 0.6 is 0 Å². The molecular weight excluding hydrogens is 358 g/mol. The van der Waals surface area contributed by atoms with Gasteiger partial charge in [0, 0.05) is 24.1 Å². The topological polar surface area (TPSA) is 88.6 Å². The summed E-state index contributed by atoms with van der Waals surface area (Å²) < 4.78 is 5.37. The Morgan fingerprint density at radius 1 is 1.00 bits per heavy atom. The summed E-state index contributed by atoms with van der Waals surface area (Å²) in [6.45, 7) is 0. The molecule has 4 rings (SSSR count). The molecule has 1 aliphatic rings. The number of hydrogen-bond donors (Lipinski definition) is 1. The van der Waals surface area contributed by atoms with E-state index in [-0.39, 0.29) is 5.91 Å². The highest BCUT2D eigenvalue weighted by Crippen LogP contribution is 2.36. The maximum absolute atomic E-state index is 12.7. The van der Waals surface area contributed by atoms with E-state index in [1.54, 1.807) is 60.8 Å². The van der Waals surface area contributed by atoms with E-state index in [4.69, 9.17) is 4.74 Å². The van der Waals surface area contributed by atoms with E-state index >= 15 is 0 Å². The number of benzene rings is 2. The molecule has 138 valence electrons. The van der Waals surface area contributed by atoms with Crippen LogP contribution in [-0.4, -0.2) is 29.8 Å². The molecule has 3 aromatic rings. The van der Waals surface area contributed by atoms with Gasteiger partial charge in [0.05, 0.1) is 29.5 Å². The highest BCUT2D eigenvalue weighted by molar-refractivity contribution is 6.34. The van der Waals surface area contributed by atoms with Crippen LogP contribution in [0.4, 0.5) is 11.4 Å². The third kappa shape index (κ3) is 2.88. The maximum atomic E-state index is 12.7. The lowest BCUT2D eigenvalue weighted by Crippen LogP contribution is -2.29. The summed E-state index contributed by atoms with van der Waals surface area (Å²) in [5, 5.41) is 2.74. The van der Waals surface area contributed by atoms with Crippen LogP contribution in [0.15, 0.2) is 67.0 Å². The van der Waals surface area contributed by atoms with Crippen molar-refractivity contribution in [2.75, 3.05) is 17.3 Å². The molecule has 0 aliphatic carbocycles. The monoisotopic (exact) mass is 373 g/mol. The van der Waals surface area contributed by atoms with E-state index in [0.717, 1.165) is 4.90 Å². The average Bonchev–Trinajstić information content (AvgIpc) is 2.99. The SMILES string of the molecule is COc1cc(NC(=O)c2cccnc2)ccc1N1C(=O)c2ccccc2C1=O. The van der Waals surface area contributed by atoms with Crippen LogP contribution in [0.2, 0.25) is 0 Å². The smallest absolute Gasteiger partial charge is 0.266 e. The van der Waals surface area contributed by atoms with E-state index in [1.165, 1.54) is 13.3 Å². The third-order valence-electron chi connectivity index (χ3n) is 4.40. The lowest BCUT2D eigenvalue weighted by atomic mass is 10.1. The minimum atomic E-state index is -0.411. The molecule has 1 N–H and O–H groups in total. The van der Waals surface area contributed by atoms with E-state index in [9.17, 15) is 14.4 Å². The number of nitrogens with one attached hydrogen (secondary N) is 1. The number of carbonyl (C=O) groups excluding carboxylic acids is 3. The first-order valence-corrected chi connectivity index (χ1v) is 8.47. The van der Waals surface area contributed by atoms with E-state index < -0.39 is 11.8 Å². The zero-order valence-electron chi connectivity index (χ0n) is 14.9. The molecule has 0 radical (unpaired) electrons. The molecule has 2 aromatic carbocycles. The van der Waals surface area contributed by atoms with Crippen LogP contribution in [-0.2, 0) is 0 Å². The Kier molecular flexibility index (Phi) is 4.33. The number of ether oxygens (including phenoxy) is 1. The fourth-order valence-corrected chi connectivity index (χ4v) is 3.05. The number of anilines is 2. The van der Waals surface area contributed by atoms with Gasteiger partial charge in [0.25, 0.3) is 17.7 Å². The van der Waals surface area contributed by atoms with Crippen molar-refractivity contribution in [2.24, 2.45) is 0 Å². The van der Waals surface area contributed by atoms with Gasteiger partial charge in [-0.1, -0.05) is 12.1 Å². The van der Waals surface area contributed by atoms with Crippen molar-refractivity contribution < 1.29 is 19.1 Å². The molecule has 0 fully saturated rings. The molecule has 3 amide bonds. The molecule has 28 heavy (non-hydrogen) atoms. The molecular formula is C21H15N3O4. The van der Waals surface area contributed by atoms with Crippen molar-refractivity contribution in [1.82, 2.24) is 4.98 Å². The van der Waals surface area contributed by atoms with Crippen molar-refractivity contribution in [3.05, 3.63) is 83.7 Å². The molecule has 7 heteroatoms. The quantitative estimate of drug-likeness (QED) is 0.710. The summed E-state index contributed by atoms with van der Waals surface area (Å²) >= 11 is 0. The number of nitrogens with zero attached hydrogens (tertiary/aromatic N) is 2. The van der Waals surface area contributed by atoms with Crippen molar-refractivity contribution in [3.63, 3.8) is 0 Å². The first-order valence-electron chi connectivity index (χ1n) is 8.47. The van der Waals surface area contributed by atoms with Crippen molar-refractivity contribution in [1.29, 1.82) is 0 Å². The van der Waals surface area contributed by atoms with Gasteiger partial charge in [-0.2, -0.15) is 0 Å². The Balaban J connectivity index is 1.64. The van der Waals surface area contributed by atoms with Gasteiger partial charge in [0.2, 0.25) is 0 Å². The molecule has 0 spiro atoms. The van der Waals surface area contributed by atoms with Gasteiger partial charge >= 0.3 is 0 Å². The van der Waals surface area contributed by atoms with E-state index in [2.05, 4.69) is 10.3 Å². The number of hydrogen-bond acceptors (Lipinski definition) is 5. The lowest BCUT2D eigenvalue weighted by Gasteiger charge is -2.18. The fourth-order valence-electron chi connectivity index (χ4n) is 3.05. The summed E-state index contributed by atoms with van der Waals surface area (Å²) in [5.41, 5.74) is 1.89. The van der Waals surface area contributed by atoms with E-state index in [1.807, 2.05) is 0 Å². The van der Waals surface area contributed by atoms with Gasteiger partial charge in [0.15, 0.2) is 0 Å². The minimum absolute atomic E-state index is 0.290. The standard InChI is InChI=1S/C21H15N3O4/c1-28-18-11-14(23-19(25)13-5-4-10-22-12-13)8-9-17(18)24-20(26)15-6-2-3-7-16(15)21(24)27/h2-12H,1H3,(H,23,25). The molecule has 2 heterocycles. The molecule has 0 saturated heterocycles. The van der Waals surface area contributed by atoms with Crippen molar-refractivity contribution in [2.45, 2.75) is 0 Å². The van der Waals surface area contributed by atoms with Crippen LogP contribution in [0.5, 0.6) is 5.75 Å². The first kappa shape index (κ1) is 17.4. The molecule has 0 bridgehead atoms. The van der Waals surface area contributed by atoms with Crippen LogP contribution in [0.3, 0.4) is 0 Å². The number of pyridine rings is 1. The van der Waals surface area contributed by atoms with Gasteiger partial charge < -0.3 is 10.1 Å². The lowest BCUT2D eigenvalue weighted by molar-refractivity contribution is 0.0923. The molecule has 0 atom stereocenters. The normalized spacial score (nSPS) is 12.7.